The number of carboxylic acids is 1. The molecule has 1 saturated heterocycles. The Labute approximate surface area is 76.9 Å². The van der Waals surface area contributed by atoms with Crippen molar-refractivity contribution >= 4 is 15.8 Å². The molecule has 1 N–H and O–H groups in total. The lowest BCUT2D eigenvalue weighted by molar-refractivity contribution is -0.137. The summed E-state index contributed by atoms with van der Waals surface area (Å²) in [4.78, 5) is 10.3. The predicted octanol–water partition coefficient (Wildman–Crippen LogP) is 0.286. The van der Waals surface area contributed by atoms with Crippen molar-refractivity contribution in [2.75, 3.05) is 11.5 Å². The quantitative estimate of drug-likeness (QED) is 0.717. The number of hydrogen-bond acceptors (Lipinski definition) is 3. The van der Waals surface area contributed by atoms with Gasteiger partial charge in [-0.2, -0.15) is 0 Å². The smallest absolute Gasteiger partial charge is 0.303 e. The summed E-state index contributed by atoms with van der Waals surface area (Å²) < 4.78 is 21.8. The van der Waals surface area contributed by atoms with Crippen molar-refractivity contribution < 1.29 is 18.3 Å². The number of hydrogen-bond donors (Lipinski definition) is 1. The first-order chi connectivity index (χ1) is 5.94. The molecule has 0 aromatic rings. The van der Waals surface area contributed by atoms with Crippen LogP contribution in [0.5, 0.6) is 0 Å². The van der Waals surface area contributed by atoms with Gasteiger partial charge in [0.05, 0.1) is 11.5 Å². The summed E-state index contributed by atoms with van der Waals surface area (Å²) in [5.74, 6) is 0.158. The Morgan fingerprint density at radius 2 is 2.08 bits per heavy atom. The average Bonchev–Trinajstić information content (AvgIpc) is 2.56. The number of carboxylic acid groups (broad SMARTS) is 1. The number of aliphatic carboxylic acids is 1. The van der Waals surface area contributed by atoms with Gasteiger partial charge in [-0.05, 0) is 18.8 Å². The minimum Gasteiger partial charge on any atom is -0.481 e. The van der Waals surface area contributed by atoms with Crippen LogP contribution in [0.4, 0.5) is 0 Å². The fourth-order valence-electron chi connectivity index (χ4n) is 2.32. The molecule has 1 saturated carbocycles. The molecule has 1 heterocycles. The molecular weight excluding hydrogens is 192 g/mol. The van der Waals surface area contributed by atoms with Gasteiger partial charge in [0.25, 0.3) is 0 Å². The van der Waals surface area contributed by atoms with E-state index in [2.05, 4.69) is 0 Å². The Balaban J connectivity index is 1.81. The zero-order valence-corrected chi connectivity index (χ0v) is 8.01. The molecule has 0 bridgehead atoms. The van der Waals surface area contributed by atoms with Gasteiger partial charge in [0.2, 0.25) is 0 Å². The Hall–Kier alpha value is -0.580. The third-order valence-corrected chi connectivity index (χ3v) is 5.11. The second-order valence-corrected chi connectivity index (χ2v) is 6.29. The van der Waals surface area contributed by atoms with Crippen LogP contribution in [0.3, 0.4) is 0 Å². The van der Waals surface area contributed by atoms with E-state index in [0.717, 1.165) is 6.42 Å². The normalized spacial score (nSPS) is 32.5. The molecule has 1 atom stereocenters. The highest BCUT2D eigenvalue weighted by Crippen LogP contribution is 2.61. The highest BCUT2D eigenvalue weighted by atomic mass is 32.2. The molecule has 1 unspecified atom stereocenters. The molecule has 1 spiro atoms. The highest BCUT2D eigenvalue weighted by molar-refractivity contribution is 7.92. The van der Waals surface area contributed by atoms with E-state index in [1.807, 2.05) is 0 Å². The SMILES string of the molecule is O=C(O)CCC1CC12CS(=O)(=O)C2. The molecule has 2 fully saturated rings. The van der Waals surface area contributed by atoms with Crippen molar-refractivity contribution in [1.29, 1.82) is 0 Å². The van der Waals surface area contributed by atoms with E-state index >= 15 is 0 Å². The van der Waals surface area contributed by atoms with Crippen molar-refractivity contribution in [2.24, 2.45) is 11.3 Å². The molecule has 1 aliphatic heterocycles. The molecule has 0 amide bonds. The summed E-state index contributed by atoms with van der Waals surface area (Å²) >= 11 is 0. The van der Waals surface area contributed by atoms with Crippen LogP contribution in [0.25, 0.3) is 0 Å². The summed E-state index contributed by atoms with van der Waals surface area (Å²) in [6.07, 6.45) is 1.73. The second-order valence-electron chi connectivity index (χ2n) is 4.23. The Morgan fingerprint density at radius 1 is 1.46 bits per heavy atom. The lowest BCUT2D eigenvalue weighted by Crippen LogP contribution is -2.39. The van der Waals surface area contributed by atoms with Gasteiger partial charge in [0.1, 0.15) is 0 Å². The summed E-state index contributed by atoms with van der Waals surface area (Å²) in [6.45, 7) is 0. The zero-order chi connectivity index (χ0) is 9.69. The Bertz CT molecular complexity index is 331. The van der Waals surface area contributed by atoms with Crippen LogP contribution in [0.2, 0.25) is 0 Å². The molecule has 2 rings (SSSR count). The molecular formula is C8H12O4S. The average molecular weight is 204 g/mol. The zero-order valence-electron chi connectivity index (χ0n) is 7.19. The van der Waals surface area contributed by atoms with Gasteiger partial charge in [-0.1, -0.05) is 0 Å². The maximum Gasteiger partial charge on any atom is 0.303 e. The third kappa shape index (κ3) is 1.57. The van der Waals surface area contributed by atoms with Crippen LogP contribution in [-0.4, -0.2) is 31.0 Å². The molecule has 0 radical (unpaired) electrons. The molecule has 74 valence electrons. The lowest BCUT2D eigenvalue weighted by atomic mass is 10.1. The number of sulfone groups is 1. The van der Waals surface area contributed by atoms with Gasteiger partial charge in [-0.3, -0.25) is 4.79 Å². The maximum absolute atomic E-state index is 10.9. The van der Waals surface area contributed by atoms with E-state index in [4.69, 9.17) is 5.11 Å². The second kappa shape index (κ2) is 2.47. The molecule has 0 aromatic heterocycles. The minimum atomic E-state index is -2.75. The maximum atomic E-state index is 10.9. The van der Waals surface area contributed by atoms with Crippen LogP contribution in [0.1, 0.15) is 19.3 Å². The van der Waals surface area contributed by atoms with Gasteiger partial charge in [-0.25, -0.2) is 8.42 Å². The van der Waals surface area contributed by atoms with Gasteiger partial charge in [-0.15, -0.1) is 0 Å². The topological polar surface area (TPSA) is 71.4 Å². The van der Waals surface area contributed by atoms with Gasteiger partial charge >= 0.3 is 5.97 Å². The highest BCUT2D eigenvalue weighted by Gasteiger charge is 2.64. The van der Waals surface area contributed by atoms with E-state index < -0.39 is 15.8 Å². The van der Waals surface area contributed by atoms with Crippen LogP contribution < -0.4 is 0 Å². The summed E-state index contributed by atoms with van der Waals surface area (Å²) in [5, 5.41) is 8.44. The monoisotopic (exact) mass is 204 g/mol. The first-order valence-corrected chi connectivity index (χ1v) is 6.18. The Morgan fingerprint density at radius 3 is 2.54 bits per heavy atom. The molecule has 1 aliphatic carbocycles. The van der Waals surface area contributed by atoms with Crippen LogP contribution in [-0.2, 0) is 14.6 Å². The van der Waals surface area contributed by atoms with E-state index in [9.17, 15) is 13.2 Å². The summed E-state index contributed by atoms with van der Waals surface area (Å²) in [6, 6.07) is 0. The summed E-state index contributed by atoms with van der Waals surface area (Å²) in [7, 11) is -2.75. The first-order valence-electron chi connectivity index (χ1n) is 4.36. The molecule has 5 heteroatoms. The van der Waals surface area contributed by atoms with E-state index in [1.165, 1.54) is 0 Å². The van der Waals surface area contributed by atoms with Gasteiger partial charge in [0.15, 0.2) is 9.84 Å². The fraction of sp³-hybridized carbons (Fsp3) is 0.875. The van der Waals surface area contributed by atoms with Gasteiger partial charge in [0, 0.05) is 11.8 Å². The Kier molecular flexibility index (Phi) is 1.71. The van der Waals surface area contributed by atoms with Crippen LogP contribution in [0, 0.1) is 11.3 Å². The van der Waals surface area contributed by atoms with Crippen molar-refractivity contribution in [3.8, 4) is 0 Å². The van der Waals surface area contributed by atoms with E-state index in [1.54, 1.807) is 0 Å². The number of carbonyl (C=O) groups is 1. The predicted molar refractivity (Wildman–Crippen MR) is 46.1 cm³/mol. The van der Waals surface area contributed by atoms with Crippen molar-refractivity contribution in [3.63, 3.8) is 0 Å². The third-order valence-electron chi connectivity index (χ3n) is 3.08. The van der Waals surface area contributed by atoms with Gasteiger partial charge < -0.3 is 5.11 Å². The first kappa shape index (κ1) is 8.99. The van der Waals surface area contributed by atoms with Crippen LogP contribution in [0.15, 0.2) is 0 Å². The lowest BCUT2D eigenvalue weighted by Gasteiger charge is -2.26. The molecule has 13 heavy (non-hydrogen) atoms. The fourth-order valence-corrected chi connectivity index (χ4v) is 4.70. The van der Waals surface area contributed by atoms with Crippen molar-refractivity contribution in [3.05, 3.63) is 0 Å². The molecule has 2 aliphatic rings. The number of rotatable bonds is 3. The van der Waals surface area contributed by atoms with Crippen molar-refractivity contribution in [2.45, 2.75) is 19.3 Å². The van der Waals surface area contributed by atoms with E-state index in [-0.39, 0.29) is 11.8 Å². The summed E-state index contributed by atoms with van der Waals surface area (Å²) in [5.41, 5.74) is 0.00822. The van der Waals surface area contributed by atoms with Crippen molar-refractivity contribution in [1.82, 2.24) is 0 Å². The standard InChI is InChI=1S/C8H12O4S/c9-7(10)2-1-6-3-8(6)4-13(11,12)5-8/h6H,1-5H2,(H,9,10). The van der Waals surface area contributed by atoms with E-state index in [0.29, 0.717) is 23.8 Å². The molecule has 0 aromatic carbocycles. The van der Waals surface area contributed by atoms with Crippen LogP contribution >= 0.6 is 0 Å². The molecule has 4 nitrogen and oxygen atoms in total. The largest absolute Gasteiger partial charge is 0.481 e. The minimum absolute atomic E-state index is 0.00822.